The summed E-state index contributed by atoms with van der Waals surface area (Å²) < 4.78 is 5.59. The maximum Gasteiger partial charge on any atom is 0.333 e. The van der Waals surface area contributed by atoms with Crippen LogP contribution >= 0.6 is 0 Å². The standard InChI is InChI=1S/C14H25NO2/c1-9(2)10(16)17-12-13(3,4)11(15(7)8)14(12,5)6/h11-12H,1H2,2-8H3. The lowest BCUT2D eigenvalue weighted by Gasteiger charge is -2.64. The quantitative estimate of drug-likeness (QED) is 0.560. The molecule has 0 aromatic heterocycles. The van der Waals surface area contributed by atoms with Crippen molar-refractivity contribution in [3.05, 3.63) is 12.2 Å². The predicted molar refractivity (Wildman–Crippen MR) is 69.7 cm³/mol. The summed E-state index contributed by atoms with van der Waals surface area (Å²) in [5, 5.41) is 0. The topological polar surface area (TPSA) is 29.5 Å². The van der Waals surface area contributed by atoms with E-state index in [0.717, 1.165) is 0 Å². The minimum atomic E-state index is -0.284. The Kier molecular flexibility index (Phi) is 3.45. The fraction of sp³-hybridized carbons (Fsp3) is 0.786. The Morgan fingerprint density at radius 2 is 1.59 bits per heavy atom. The Bertz CT molecular complexity index is 326. The van der Waals surface area contributed by atoms with Crippen LogP contribution in [0.15, 0.2) is 12.2 Å². The second-order valence-corrected chi connectivity index (χ2v) is 6.57. The van der Waals surface area contributed by atoms with Gasteiger partial charge in [0, 0.05) is 22.4 Å². The van der Waals surface area contributed by atoms with Gasteiger partial charge in [0.05, 0.1) is 0 Å². The summed E-state index contributed by atoms with van der Waals surface area (Å²) in [6, 6.07) is 0.401. The minimum absolute atomic E-state index is 0.0297. The van der Waals surface area contributed by atoms with Gasteiger partial charge in [-0.15, -0.1) is 0 Å². The van der Waals surface area contributed by atoms with E-state index >= 15 is 0 Å². The summed E-state index contributed by atoms with van der Waals surface area (Å²) in [5.74, 6) is -0.284. The average Bonchev–Trinajstić information content (AvgIpc) is 2.10. The van der Waals surface area contributed by atoms with Crippen LogP contribution in [0.25, 0.3) is 0 Å². The molecule has 0 atom stereocenters. The van der Waals surface area contributed by atoms with E-state index in [4.69, 9.17) is 4.74 Å². The van der Waals surface area contributed by atoms with E-state index in [2.05, 4.69) is 53.3 Å². The molecule has 0 spiro atoms. The molecule has 0 aromatic carbocycles. The van der Waals surface area contributed by atoms with Gasteiger partial charge < -0.3 is 9.64 Å². The molecule has 1 saturated carbocycles. The second kappa shape index (κ2) is 4.13. The molecule has 1 aliphatic carbocycles. The van der Waals surface area contributed by atoms with Gasteiger partial charge in [0.1, 0.15) is 6.10 Å². The molecule has 0 N–H and O–H groups in total. The molecule has 3 nitrogen and oxygen atoms in total. The van der Waals surface area contributed by atoms with Gasteiger partial charge in [-0.05, 0) is 21.0 Å². The van der Waals surface area contributed by atoms with Crippen LogP contribution in [0.2, 0.25) is 0 Å². The molecule has 0 radical (unpaired) electrons. The Balaban J connectivity index is 2.89. The SMILES string of the molecule is C=C(C)C(=O)OC1C(C)(C)C(N(C)C)C1(C)C. The number of carbonyl (C=O) groups excluding carboxylic acids is 1. The van der Waals surface area contributed by atoms with Crippen molar-refractivity contribution in [2.45, 2.75) is 46.8 Å². The van der Waals surface area contributed by atoms with Gasteiger partial charge in [-0.1, -0.05) is 34.3 Å². The monoisotopic (exact) mass is 239 g/mol. The summed E-state index contributed by atoms with van der Waals surface area (Å²) in [4.78, 5) is 13.9. The predicted octanol–water partition coefficient (Wildman–Crippen LogP) is 2.47. The molecule has 0 bridgehead atoms. The molecule has 1 rings (SSSR count). The van der Waals surface area contributed by atoms with Crippen molar-refractivity contribution in [3.63, 3.8) is 0 Å². The highest BCUT2D eigenvalue weighted by molar-refractivity contribution is 5.87. The van der Waals surface area contributed by atoms with Crippen molar-refractivity contribution in [2.75, 3.05) is 14.1 Å². The minimum Gasteiger partial charge on any atom is -0.458 e. The first-order valence-corrected chi connectivity index (χ1v) is 6.05. The third kappa shape index (κ3) is 2.13. The van der Waals surface area contributed by atoms with E-state index < -0.39 is 0 Å². The maximum atomic E-state index is 11.7. The summed E-state index contributed by atoms with van der Waals surface area (Å²) in [6.07, 6.45) is -0.0633. The van der Waals surface area contributed by atoms with Crippen LogP contribution in [0.4, 0.5) is 0 Å². The molecule has 17 heavy (non-hydrogen) atoms. The van der Waals surface area contributed by atoms with Crippen LogP contribution in [-0.4, -0.2) is 37.1 Å². The van der Waals surface area contributed by atoms with Crippen LogP contribution in [0.3, 0.4) is 0 Å². The normalized spacial score (nSPS) is 29.6. The Labute approximate surface area is 105 Å². The van der Waals surface area contributed by atoms with Crippen LogP contribution < -0.4 is 0 Å². The molecule has 0 unspecified atom stereocenters. The van der Waals surface area contributed by atoms with Gasteiger partial charge in [0.15, 0.2) is 0 Å². The summed E-state index contributed by atoms with van der Waals surface area (Å²) in [6.45, 7) is 13.9. The van der Waals surface area contributed by atoms with Crippen molar-refractivity contribution in [3.8, 4) is 0 Å². The highest BCUT2D eigenvalue weighted by Gasteiger charge is 2.64. The number of hydrogen-bond acceptors (Lipinski definition) is 3. The Morgan fingerprint density at radius 3 is 1.88 bits per heavy atom. The van der Waals surface area contributed by atoms with Crippen molar-refractivity contribution in [1.82, 2.24) is 4.90 Å². The molecular weight excluding hydrogens is 214 g/mol. The lowest BCUT2D eigenvalue weighted by molar-refractivity contribution is -0.230. The van der Waals surface area contributed by atoms with Gasteiger partial charge in [-0.3, -0.25) is 0 Å². The third-order valence-electron chi connectivity index (χ3n) is 3.85. The zero-order valence-electron chi connectivity index (χ0n) is 12.1. The summed E-state index contributed by atoms with van der Waals surface area (Å²) in [7, 11) is 4.15. The van der Waals surface area contributed by atoms with Crippen molar-refractivity contribution >= 4 is 5.97 Å². The van der Waals surface area contributed by atoms with Crippen molar-refractivity contribution < 1.29 is 9.53 Å². The number of esters is 1. The molecule has 3 heteroatoms. The lowest BCUT2D eigenvalue weighted by atomic mass is 9.49. The third-order valence-corrected chi connectivity index (χ3v) is 3.85. The summed E-state index contributed by atoms with van der Waals surface area (Å²) >= 11 is 0. The molecular formula is C14H25NO2. The fourth-order valence-electron chi connectivity index (χ4n) is 3.95. The van der Waals surface area contributed by atoms with E-state index in [1.807, 2.05) is 0 Å². The number of hydrogen-bond donors (Lipinski definition) is 0. The first-order valence-electron chi connectivity index (χ1n) is 6.05. The molecule has 0 heterocycles. The molecule has 0 amide bonds. The molecule has 1 aliphatic rings. The highest BCUT2D eigenvalue weighted by Crippen LogP contribution is 2.57. The van der Waals surface area contributed by atoms with Crippen LogP contribution in [0.1, 0.15) is 34.6 Å². The smallest absolute Gasteiger partial charge is 0.333 e. The van der Waals surface area contributed by atoms with Gasteiger partial charge >= 0.3 is 5.97 Å². The number of ether oxygens (including phenoxy) is 1. The fourth-order valence-corrected chi connectivity index (χ4v) is 3.95. The Hall–Kier alpha value is -0.830. The largest absolute Gasteiger partial charge is 0.458 e. The van der Waals surface area contributed by atoms with Gasteiger partial charge in [0.2, 0.25) is 0 Å². The van der Waals surface area contributed by atoms with E-state index in [1.165, 1.54) is 0 Å². The Morgan fingerprint density at radius 1 is 1.18 bits per heavy atom. The van der Waals surface area contributed by atoms with Crippen LogP contribution in [0.5, 0.6) is 0 Å². The van der Waals surface area contributed by atoms with Crippen LogP contribution in [0, 0.1) is 10.8 Å². The zero-order valence-corrected chi connectivity index (χ0v) is 12.1. The zero-order chi connectivity index (χ0) is 13.6. The van der Waals surface area contributed by atoms with E-state index in [9.17, 15) is 4.79 Å². The average molecular weight is 239 g/mol. The number of carbonyl (C=O) groups is 1. The lowest BCUT2D eigenvalue weighted by Crippen LogP contribution is -2.72. The van der Waals surface area contributed by atoms with E-state index in [-0.39, 0.29) is 22.9 Å². The van der Waals surface area contributed by atoms with E-state index in [1.54, 1.807) is 6.92 Å². The van der Waals surface area contributed by atoms with Crippen molar-refractivity contribution in [1.29, 1.82) is 0 Å². The maximum absolute atomic E-state index is 11.7. The number of rotatable bonds is 3. The van der Waals surface area contributed by atoms with Crippen molar-refractivity contribution in [2.24, 2.45) is 10.8 Å². The molecule has 0 aromatic rings. The van der Waals surface area contributed by atoms with Gasteiger partial charge in [0.25, 0.3) is 0 Å². The summed E-state index contributed by atoms with van der Waals surface area (Å²) in [5.41, 5.74) is 0.404. The second-order valence-electron chi connectivity index (χ2n) is 6.57. The first kappa shape index (κ1) is 14.2. The number of nitrogens with zero attached hydrogens (tertiary/aromatic N) is 1. The molecule has 0 aliphatic heterocycles. The molecule has 1 fully saturated rings. The van der Waals surface area contributed by atoms with Gasteiger partial charge in [-0.2, -0.15) is 0 Å². The van der Waals surface area contributed by atoms with Crippen LogP contribution in [-0.2, 0) is 9.53 Å². The first-order chi connectivity index (χ1) is 7.52. The highest BCUT2D eigenvalue weighted by atomic mass is 16.5. The molecule has 98 valence electrons. The van der Waals surface area contributed by atoms with E-state index in [0.29, 0.717) is 11.6 Å². The molecule has 0 saturated heterocycles. The van der Waals surface area contributed by atoms with Gasteiger partial charge in [-0.25, -0.2) is 4.79 Å².